The highest BCUT2D eigenvalue weighted by molar-refractivity contribution is 5.94. The molecule has 1 saturated heterocycles. The van der Waals surface area contributed by atoms with Gasteiger partial charge < -0.3 is 4.90 Å². The van der Waals surface area contributed by atoms with Crippen molar-refractivity contribution in [1.82, 2.24) is 9.80 Å². The van der Waals surface area contributed by atoms with Crippen molar-refractivity contribution in [2.75, 3.05) is 26.2 Å². The van der Waals surface area contributed by atoms with Gasteiger partial charge in [0.15, 0.2) is 0 Å². The molecule has 0 aromatic heterocycles. The Morgan fingerprint density at radius 2 is 1.62 bits per heavy atom. The van der Waals surface area contributed by atoms with E-state index >= 15 is 0 Å². The SMILES string of the molecule is O=C(c1cccc(C(F)(F)F)c1)N1CCN(Cc2ccc(F)cc2)CC1. The van der Waals surface area contributed by atoms with E-state index in [2.05, 4.69) is 4.90 Å². The van der Waals surface area contributed by atoms with E-state index in [0.717, 1.165) is 17.7 Å². The Hall–Kier alpha value is -2.41. The number of hydrogen-bond acceptors (Lipinski definition) is 2. The molecule has 3 rings (SSSR count). The van der Waals surface area contributed by atoms with Gasteiger partial charge in [-0.3, -0.25) is 9.69 Å². The molecule has 1 heterocycles. The largest absolute Gasteiger partial charge is 0.416 e. The number of halogens is 4. The molecule has 3 nitrogen and oxygen atoms in total. The van der Waals surface area contributed by atoms with Crippen molar-refractivity contribution < 1.29 is 22.4 Å². The molecule has 2 aromatic rings. The first-order chi connectivity index (χ1) is 12.3. The Morgan fingerprint density at radius 3 is 2.23 bits per heavy atom. The number of carbonyl (C=O) groups excluding carboxylic acids is 1. The zero-order chi connectivity index (χ0) is 18.7. The molecule has 1 aliphatic heterocycles. The first-order valence-electron chi connectivity index (χ1n) is 8.26. The summed E-state index contributed by atoms with van der Waals surface area (Å²) in [5.41, 5.74) is 0.203. The molecule has 0 atom stereocenters. The average molecular weight is 366 g/mol. The fourth-order valence-electron chi connectivity index (χ4n) is 2.97. The second-order valence-electron chi connectivity index (χ2n) is 6.27. The van der Waals surface area contributed by atoms with Crippen molar-refractivity contribution in [3.8, 4) is 0 Å². The van der Waals surface area contributed by atoms with Crippen LogP contribution in [0.15, 0.2) is 48.5 Å². The molecule has 0 spiro atoms. The summed E-state index contributed by atoms with van der Waals surface area (Å²) in [5, 5.41) is 0. The van der Waals surface area contributed by atoms with E-state index in [1.807, 2.05) is 0 Å². The van der Waals surface area contributed by atoms with Gasteiger partial charge in [-0.2, -0.15) is 13.2 Å². The van der Waals surface area contributed by atoms with E-state index in [-0.39, 0.29) is 11.4 Å². The van der Waals surface area contributed by atoms with Gasteiger partial charge in [0.05, 0.1) is 5.56 Å². The summed E-state index contributed by atoms with van der Waals surface area (Å²) in [6, 6.07) is 10.8. The lowest BCUT2D eigenvalue weighted by Gasteiger charge is -2.34. The summed E-state index contributed by atoms with van der Waals surface area (Å²) in [6.45, 7) is 2.75. The number of amides is 1. The highest BCUT2D eigenvalue weighted by Gasteiger charge is 2.31. The maximum absolute atomic E-state index is 12.9. The standard InChI is InChI=1S/C19H18F4N2O/c20-17-6-4-14(5-7-17)13-24-8-10-25(11-9-24)18(26)15-2-1-3-16(12-15)19(21,22)23/h1-7,12H,8-11,13H2. The maximum atomic E-state index is 12.9. The van der Waals surface area contributed by atoms with Crippen molar-refractivity contribution in [1.29, 1.82) is 0 Å². The maximum Gasteiger partial charge on any atom is 0.416 e. The molecule has 0 N–H and O–H groups in total. The fourth-order valence-corrected chi connectivity index (χ4v) is 2.97. The van der Waals surface area contributed by atoms with Gasteiger partial charge in [0, 0.05) is 38.3 Å². The summed E-state index contributed by atoms with van der Waals surface area (Å²) < 4.78 is 51.3. The number of piperazine rings is 1. The number of carbonyl (C=O) groups is 1. The monoisotopic (exact) mass is 366 g/mol. The predicted octanol–water partition coefficient (Wildman–Crippen LogP) is 3.80. The Kier molecular flexibility index (Phi) is 5.27. The number of nitrogens with zero attached hydrogens (tertiary/aromatic N) is 2. The third kappa shape index (κ3) is 4.40. The van der Waals surface area contributed by atoms with Crippen LogP contribution in [-0.2, 0) is 12.7 Å². The first kappa shape index (κ1) is 18.4. The number of hydrogen-bond donors (Lipinski definition) is 0. The molecule has 7 heteroatoms. The van der Waals surface area contributed by atoms with Crippen molar-refractivity contribution in [2.45, 2.75) is 12.7 Å². The molecule has 0 unspecified atom stereocenters. The lowest BCUT2D eigenvalue weighted by Crippen LogP contribution is -2.48. The van der Waals surface area contributed by atoms with E-state index in [1.165, 1.54) is 24.3 Å². The number of alkyl halides is 3. The van der Waals surface area contributed by atoms with E-state index in [0.29, 0.717) is 32.7 Å². The molecule has 1 amide bonds. The zero-order valence-corrected chi connectivity index (χ0v) is 14.0. The second kappa shape index (κ2) is 7.45. The molecule has 0 radical (unpaired) electrons. The number of benzene rings is 2. The lowest BCUT2D eigenvalue weighted by atomic mass is 10.1. The van der Waals surface area contributed by atoms with Gasteiger partial charge in [-0.05, 0) is 35.9 Å². The quantitative estimate of drug-likeness (QED) is 0.772. The third-order valence-corrected chi connectivity index (χ3v) is 4.42. The molecule has 1 aliphatic rings. The Balaban J connectivity index is 1.59. The highest BCUT2D eigenvalue weighted by Crippen LogP contribution is 2.29. The second-order valence-corrected chi connectivity index (χ2v) is 6.27. The van der Waals surface area contributed by atoms with Crippen LogP contribution in [0.4, 0.5) is 17.6 Å². The topological polar surface area (TPSA) is 23.6 Å². The normalized spacial score (nSPS) is 15.9. The molecule has 1 fully saturated rings. The van der Waals surface area contributed by atoms with Gasteiger partial charge in [-0.25, -0.2) is 4.39 Å². The molecule has 26 heavy (non-hydrogen) atoms. The van der Waals surface area contributed by atoms with Gasteiger partial charge >= 0.3 is 6.18 Å². The molecule has 0 aliphatic carbocycles. The van der Waals surface area contributed by atoms with Crippen LogP contribution in [0.1, 0.15) is 21.5 Å². The molecule has 2 aromatic carbocycles. The summed E-state index contributed by atoms with van der Waals surface area (Å²) in [7, 11) is 0. The Morgan fingerprint density at radius 1 is 0.962 bits per heavy atom. The molecular formula is C19H18F4N2O. The third-order valence-electron chi connectivity index (χ3n) is 4.42. The summed E-state index contributed by atoms with van der Waals surface area (Å²) in [4.78, 5) is 16.2. The minimum atomic E-state index is -4.47. The van der Waals surface area contributed by atoms with Gasteiger partial charge in [-0.15, -0.1) is 0 Å². The summed E-state index contributed by atoms with van der Waals surface area (Å²) in [6.07, 6.45) is -4.47. The predicted molar refractivity (Wildman–Crippen MR) is 89.0 cm³/mol. The van der Waals surface area contributed by atoms with Crippen molar-refractivity contribution >= 4 is 5.91 Å². The van der Waals surface area contributed by atoms with Gasteiger partial charge in [0.25, 0.3) is 5.91 Å². The molecule has 138 valence electrons. The van der Waals surface area contributed by atoms with Crippen molar-refractivity contribution in [2.24, 2.45) is 0 Å². The van der Waals surface area contributed by atoms with Gasteiger partial charge in [-0.1, -0.05) is 18.2 Å². The van der Waals surface area contributed by atoms with Gasteiger partial charge in [0.1, 0.15) is 5.82 Å². The van der Waals surface area contributed by atoms with Crippen LogP contribution in [0.3, 0.4) is 0 Å². The minimum absolute atomic E-state index is 0.0480. The van der Waals surface area contributed by atoms with Crippen LogP contribution in [0.5, 0.6) is 0 Å². The molecular weight excluding hydrogens is 348 g/mol. The van der Waals surface area contributed by atoms with E-state index in [4.69, 9.17) is 0 Å². The van der Waals surface area contributed by atoms with Crippen molar-refractivity contribution in [3.63, 3.8) is 0 Å². The van der Waals surface area contributed by atoms with Crippen LogP contribution < -0.4 is 0 Å². The first-order valence-corrected chi connectivity index (χ1v) is 8.26. The average Bonchev–Trinajstić information content (AvgIpc) is 2.63. The minimum Gasteiger partial charge on any atom is -0.336 e. The van der Waals surface area contributed by atoms with Crippen LogP contribution in [-0.4, -0.2) is 41.9 Å². The van der Waals surface area contributed by atoms with Crippen LogP contribution in [0, 0.1) is 5.82 Å². The Labute approximate surface area is 148 Å². The van der Waals surface area contributed by atoms with Crippen molar-refractivity contribution in [3.05, 3.63) is 71.0 Å². The summed E-state index contributed by atoms with van der Waals surface area (Å²) in [5.74, 6) is -0.678. The van der Waals surface area contributed by atoms with Crippen LogP contribution >= 0.6 is 0 Å². The highest BCUT2D eigenvalue weighted by atomic mass is 19.4. The molecule has 0 saturated carbocycles. The van der Waals surface area contributed by atoms with Crippen LogP contribution in [0.2, 0.25) is 0 Å². The van der Waals surface area contributed by atoms with E-state index in [1.54, 1.807) is 17.0 Å². The lowest BCUT2D eigenvalue weighted by molar-refractivity contribution is -0.137. The van der Waals surface area contributed by atoms with Crippen LogP contribution in [0.25, 0.3) is 0 Å². The zero-order valence-electron chi connectivity index (χ0n) is 14.0. The van der Waals surface area contributed by atoms with E-state index in [9.17, 15) is 22.4 Å². The Bertz CT molecular complexity index is 766. The molecule has 0 bridgehead atoms. The number of rotatable bonds is 3. The fraction of sp³-hybridized carbons (Fsp3) is 0.316. The smallest absolute Gasteiger partial charge is 0.336 e. The van der Waals surface area contributed by atoms with E-state index < -0.39 is 17.6 Å². The van der Waals surface area contributed by atoms with Gasteiger partial charge in [0.2, 0.25) is 0 Å². The summed E-state index contributed by atoms with van der Waals surface area (Å²) >= 11 is 0.